The topological polar surface area (TPSA) is 41.1 Å². The van der Waals surface area contributed by atoms with Gasteiger partial charge < -0.3 is 10.6 Å². The second kappa shape index (κ2) is 6.01. The standard InChI is InChI=1S/C15H22N2O/c1-11-6-3-4-8-14(11)12(2)17-15(18)13-7-5-9-16-10-13/h3-4,6,8,12-13,16H,5,7,9-10H2,1-2H3,(H,17,18)/t12-,13+/m1/s1. The van der Waals surface area contributed by atoms with Crippen LogP contribution in [0.25, 0.3) is 0 Å². The molecule has 98 valence electrons. The van der Waals surface area contributed by atoms with Crippen LogP contribution in [-0.4, -0.2) is 19.0 Å². The summed E-state index contributed by atoms with van der Waals surface area (Å²) in [6, 6.07) is 8.30. The lowest BCUT2D eigenvalue weighted by Crippen LogP contribution is -2.41. The van der Waals surface area contributed by atoms with Gasteiger partial charge in [-0.15, -0.1) is 0 Å². The molecule has 0 saturated carbocycles. The molecular weight excluding hydrogens is 224 g/mol. The summed E-state index contributed by atoms with van der Waals surface area (Å²) in [6.07, 6.45) is 2.09. The van der Waals surface area contributed by atoms with Crippen molar-refractivity contribution in [2.24, 2.45) is 5.92 Å². The quantitative estimate of drug-likeness (QED) is 0.858. The fraction of sp³-hybridized carbons (Fsp3) is 0.533. The summed E-state index contributed by atoms with van der Waals surface area (Å²) in [4.78, 5) is 12.1. The molecule has 2 rings (SSSR count). The zero-order valence-electron chi connectivity index (χ0n) is 11.2. The third kappa shape index (κ3) is 3.10. The average molecular weight is 246 g/mol. The van der Waals surface area contributed by atoms with Gasteiger partial charge in [0.25, 0.3) is 0 Å². The van der Waals surface area contributed by atoms with E-state index in [9.17, 15) is 4.79 Å². The summed E-state index contributed by atoms with van der Waals surface area (Å²) in [6.45, 7) is 5.99. The highest BCUT2D eigenvalue weighted by Crippen LogP contribution is 2.18. The lowest BCUT2D eigenvalue weighted by molar-refractivity contribution is -0.126. The smallest absolute Gasteiger partial charge is 0.224 e. The maximum Gasteiger partial charge on any atom is 0.224 e. The molecule has 1 saturated heterocycles. The SMILES string of the molecule is Cc1ccccc1[C@@H](C)NC(=O)[C@H]1CCCNC1. The van der Waals surface area contributed by atoms with Crippen molar-refractivity contribution in [3.8, 4) is 0 Å². The summed E-state index contributed by atoms with van der Waals surface area (Å²) >= 11 is 0. The fourth-order valence-electron chi connectivity index (χ4n) is 2.56. The monoisotopic (exact) mass is 246 g/mol. The van der Waals surface area contributed by atoms with Crippen LogP contribution in [0.15, 0.2) is 24.3 Å². The van der Waals surface area contributed by atoms with E-state index in [2.05, 4.69) is 36.6 Å². The van der Waals surface area contributed by atoms with Crippen molar-refractivity contribution in [3.05, 3.63) is 35.4 Å². The highest BCUT2D eigenvalue weighted by atomic mass is 16.1. The predicted molar refractivity (Wildman–Crippen MR) is 73.3 cm³/mol. The van der Waals surface area contributed by atoms with Crippen LogP contribution >= 0.6 is 0 Å². The summed E-state index contributed by atoms with van der Waals surface area (Å²) in [5.41, 5.74) is 2.43. The van der Waals surface area contributed by atoms with Crippen molar-refractivity contribution < 1.29 is 4.79 Å². The van der Waals surface area contributed by atoms with E-state index in [-0.39, 0.29) is 17.9 Å². The summed E-state index contributed by atoms with van der Waals surface area (Å²) in [5.74, 6) is 0.308. The molecule has 18 heavy (non-hydrogen) atoms. The molecule has 1 aliphatic rings. The molecule has 2 N–H and O–H groups in total. The molecule has 1 aromatic rings. The second-order valence-electron chi connectivity index (χ2n) is 5.13. The molecule has 0 bridgehead atoms. The Balaban J connectivity index is 1.96. The van der Waals surface area contributed by atoms with Crippen molar-refractivity contribution in [2.45, 2.75) is 32.7 Å². The highest BCUT2D eigenvalue weighted by molar-refractivity contribution is 5.79. The first-order valence-electron chi connectivity index (χ1n) is 6.75. The van der Waals surface area contributed by atoms with Gasteiger partial charge >= 0.3 is 0 Å². The van der Waals surface area contributed by atoms with Crippen LogP contribution in [0, 0.1) is 12.8 Å². The Bertz CT molecular complexity index is 411. The molecule has 1 amide bonds. The van der Waals surface area contributed by atoms with Gasteiger partial charge in [-0.05, 0) is 44.4 Å². The molecule has 3 nitrogen and oxygen atoms in total. The number of rotatable bonds is 3. The first kappa shape index (κ1) is 13.1. The third-order valence-electron chi connectivity index (χ3n) is 3.68. The molecule has 1 aromatic carbocycles. The maximum atomic E-state index is 12.1. The zero-order chi connectivity index (χ0) is 13.0. The van der Waals surface area contributed by atoms with Gasteiger partial charge in [-0.1, -0.05) is 24.3 Å². The van der Waals surface area contributed by atoms with Crippen molar-refractivity contribution in [1.82, 2.24) is 10.6 Å². The van der Waals surface area contributed by atoms with Crippen molar-refractivity contribution in [2.75, 3.05) is 13.1 Å². The number of carbonyl (C=O) groups is 1. The number of hydrogen-bond donors (Lipinski definition) is 2. The summed E-state index contributed by atoms with van der Waals surface area (Å²) in [7, 11) is 0. The van der Waals surface area contributed by atoms with E-state index in [0.29, 0.717) is 0 Å². The number of carbonyl (C=O) groups excluding carboxylic acids is 1. The van der Waals surface area contributed by atoms with Crippen LogP contribution in [0.5, 0.6) is 0 Å². The minimum absolute atomic E-state index is 0.0839. The number of benzene rings is 1. The van der Waals surface area contributed by atoms with E-state index in [4.69, 9.17) is 0 Å². The van der Waals surface area contributed by atoms with Crippen LogP contribution in [0.1, 0.15) is 36.9 Å². The Morgan fingerprint density at radius 2 is 2.22 bits per heavy atom. The normalized spacial score (nSPS) is 21.3. The van der Waals surface area contributed by atoms with E-state index >= 15 is 0 Å². The molecular formula is C15H22N2O. The van der Waals surface area contributed by atoms with E-state index in [1.54, 1.807) is 0 Å². The van der Waals surface area contributed by atoms with Gasteiger partial charge in [-0.25, -0.2) is 0 Å². The lowest BCUT2D eigenvalue weighted by atomic mass is 9.97. The fourth-order valence-corrected chi connectivity index (χ4v) is 2.56. The molecule has 0 spiro atoms. The number of aryl methyl sites for hydroxylation is 1. The first-order chi connectivity index (χ1) is 8.68. The van der Waals surface area contributed by atoms with Crippen LogP contribution in [0.3, 0.4) is 0 Å². The van der Waals surface area contributed by atoms with Gasteiger partial charge in [0.1, 0.15) is 0 Å². The number of piperidine rings is 1. The first-order valence-corrected chi connectivity index (χ1v) is 6.75. The summed E-state index contributed by atoms with van der Waals surface area (Å²) in [5, 5.41) is 6.41. The number of nitrogens with one attached hydrogen (secondary N) is 2. The Morgan fingerprint density at radius 1 is 1.44 bits per heavy atom. The molecule has 0 aliphatic carbocycles. The van der Waals surface area contributed by atoms with Gasteiger partial charge in [-0.3, -0.25) is 4.79 Å². The van der Waals surface area contributed by atoms with Gasteiger partial charge in [0.15, 0.2) is 0 Å². The molecule has 0 aromatic heterocycles. The molecule has 1 heterocycles. The van der Waals surface area contributed by atoms with Crippen LogP contribution in [-0.2, 0) is 4.79 Å². The van der Waals surface area contributed by atoms with Crippen LogP contribution in [0.4, 0.5) is 0 Å². The van der Waals surface area contributed by atoms with E-state index in [1.807, 2.05) is 12.1 Å². The average Bonchev–Trinajstić information content (AvgIpc) is 2.40. The van der Waals surface area contributed by atoms with Gasteiger partial charge in [0.05, 0.1) is 12.0 Å². The second-order valence-corrected chi connectivity index (χ2v) is 5.13. The minimum Gasteiger partial charge on any atom is -0.349 e. The molecule has 3 heteroatoms. The van der Waals surface area contributed by atoms with E-state index < -0.39 is 0 Å². The third-order valence-corrected chi connectivity index (χ3v) is 3.68. The van der Waals surface area contributed by atoms with Crippen LogP contribution < -0.4 is 10.6 Å². The van der Waals surface area contributed by atoms with Crippen LogP contribution in [0.2, 0.25) is 0 Å². The van der Waals surface area contributed by atoms with Crippen molar-refractivity contribution in [3.63, 3.8) is 0 Å². The molecule has 1 aliphatic heterocycles. The minimum atomic E-state index is 0.0839. The van der Waals surface area contributed by atoms with E-state index in [1.165, 1.54) is 11.1 Å². The van der Waals surface area contributed by atoms with Gasteiger partial charge in [-0.2, -0.15) is 0 Å². The lowest BCUT2D eigenvalue weighted by Gasteiger charge is -2.24. The molecule has 0 unspecified atom stereocenters. The summed E-state index contributed by atoms with van der Waals surface area (Å²) < 4.78 is 0. The van der Waals surface area contributed by atoms with Gasteiger partial charge in [0.2, 0.25) is 5.91 Å². The Kier molecular flexibility index (Phi) is 4.37. The molecule has 2 atom stereocenters. The number of amides is 1. The Labute approximate surface area is 109 Å². The zero-order valence-corrected chi connectivity index (χ0v) is 11.2. The maximum absolute atomic E-state index is 12.1. The largest absolute Gasteiger partial charge is 0.349 e. The van der Waals surface area contributed by atoms with E-state index in [0.717, 1.165) is 25.9 Å². The Morgan fingerprint density at radius 3 is 2.89 bits per heavy atom. The molecule has 1 fully saturated rings. The van der Waals surface area contributed by atoms with Crippen molar-refractivity contribution >= 4 is 5.91 Å². The highest BCUT2D eigenvalue weighted by Gasteiger charge is 2.22. The molecule has 0 radical (unpaired) electrons. The van der Waals surface area contributed by atoms with Crippen molar-refractivity contribution in [1.29, 1.82) is 0 Å². The Hall–Kier alpha value is -1.35. The van der Waals surface area contributed by atoms with Gasteiger partial charge in [0, 0.05) is 6.54 Å². The number of hydrogen-bond acceptors (Lipinski definition) is 2. The predicted octanol–water partition coefficient (Wildman–Crippen LogP) is 2.17.